The van der Waals surface area contributed by atoms with Crippen LogP contribution in [-0.2, 0) is 14.3 Å². The maximum Gasteiger partial charge on any atom is 0.302 e. The van der Waals surface area contributed by atoms with Crippen LogP contribution in [0.1, 0.15) is 13.8 Å². The second kappa shape index (κ2) is 18.8. The predicted molar refractivity (Wildman–Crippen MR) is 58.9 cm³/mol. The van der Waals surface area contributed by atoms with Crippen molar-refractivity contribution in [1.29, 1.82) is 0 Å². The quantitative estimate of drug-likeness (QED) is 0.560. The van der Waals surface area contributed by atoms with E-state index in [0.717, 1.165) is 0 Å². The third-order valence-electron chi connectivity index (χ3n) is 0.914. The zero-order valence-corrected chi connectivity index (χ0v) is 9.29. The van der Waals surface area contributed by atoms with Crippen molar-refractivity contribution in [3.05, 3.63) is 30.6 Å². The molecule has 0 saturated heterocycles. The fraction of sp³-hybridized carbons (Fsp3) is 0.300. The second-order valence-electron chi connectivity index (χ2n) is 2.05. The summed E-state index contributed by atoms with van der Waals surface area (Å²) in [5, 5.41) is 6.89. The van der Waals surface area contributed by atoms with Gasteiger partial charge in [-0.05, 0) is 19.1 Å². The van der Waals surface area contributed by atoms with E-state index in [9.17, 15) is 4.79 Å². The number of pyridine rings is 1. The van der Waals surface area contributed by atoms with Crippen molar-refractivity contribution in [3.8, 4) is 0 Å². The number of rotatable bonds is 1. The zero-order valence-electron chi connectivity index (χ0n) is 9.29. The van der Waals surface area contributed by atoms with E-state index in [-0.39, 0.29) is 17.9 Å². The van der Waals surface area contributed by atoms with E-state index in [0.29, 0.717) is 6.61 Å². The Kier molecular flexibility index (Phi) is 23.0. The van der Waals surface area contributed by atoms with Gasteiger partial charge in [-0.2, -0.15) is 0 Å². The molecule has 0 atom stereocenters. The number of carboxylic acid groups (broad SMARTS) is 1. The van der Waals surface area contributed by atoms with Gasteiger partial charge in [0.05, 0.1) is 6.61 Å². The van der Waals surface area contributed by atoms with Gasteiger partial charge < -0.3 is 15.3 Å². The molecule has 0 spiro atoms. The van der Waals surface area contributed by atoms with Crippen LogP contribution < -0.4 is 0 Å². The standard InChI is InChI=1S/C5H5N.C4H8O2.CH2O2.H2O/c1-2-4-6-5-3-1;1-3-6-4(2)5;2-1-3;/h1-5H;3H2,1-2H3;1H,(H,2,3);1H2. The first-order chi connectivity index (χ1) is 7.18. The Morgan fingerprint density at radius 3 is 1.88 bits per heavy atom. The SMILES string of the molecule is CCOC(C)=O.O.O=CO.c1ccncc1. The highest BCUT2D eigenvalue weighted by molar-refractivity contribution is 5.65. The van der Waals surface area contributed by atoms with Gasteiger partial charge in [-0.15, -0.1) is 0 Å². The highest BCUT2D eigenvalue weighted by Crippen LogP contribution is 1.73. The molecule has 0 unspecified atom stereocenters. The summed E-state index contributed by atoms with van der Waals surface area (Å²) in [6, 6.07) is 5.72. The van der Waals surface area contributed by atoms with E-state index in [1.54, 1.807) is 19.3 Å². The Labute approximate surface area is 94.2 Å². The van der Waals surface area contributed by atoms with Crippen molar-refractivity contribution in [2.45, 2.75) is 13.8 Å². The van der Waals surface area contributed by atoms with Crippen LogP contribution in [0, 0.1) is 0 Å². The molecule has 0 bridgehead atoms. The first kappa shape index (κ1) is 19.6. The average molecular weight is 231 g/mol. The molecule has 0 aliphatic rings. The fourth-order valence-corrected chi connectivity index (χ4v) is 0.516. The second-order valence-corrected chi connectivity index (χ2v) is 2.05. The minimum Gasteiger partial charge on any atom is -0.483 e. The Bertz CT molecular complexity index is 214. The molecule has 16 heavy (non-hydrogen) atoms. The van der Waals surface area contributed by atoms with Crippen molar-refractivity contribution < 1.29 is 24.9 Å². The molecule has 0 aromatic carbocycles. The molecule has 1 aromatic heterocycles. The summed E-state index contributed by atoms with van der Waals surface area (Å²) in [5.74, 6) is -0.211. The molecular formula is C10H17NO5. The van der Waals surface area contributed by atoms with Crippen molar-refractivity contribution in [2.75, 3.05) is 6.61 Å². The van der Waals surface area contributed by atoms with E-state index in [4.69, 9.17) is 9.90 Å². The molecule has 0 aliphatic carbocycles. The number of hydrogen-bond acceptors (Lipinski definition) is 4. The monoisotopic (exact) mass is 231 g/mol. The molecule has 1 heterocycles. The van der Waals surface area contributed by atoms with Gasteiger partial charge in [0.25, 0.3) is 6.47 Å². The van der Waals surface area contributed by atoms with Crippen molar-refractivity contribution in [2.24, 2.45) is 0 Å². The first-order valence-electron chi connectivity index (χ1n) is 4.25. The minimum atomic E-state index is -0.250. The molecule has 0 amide bonds. The molecule has 6 nitrogen and oxygen atoms in total. The Morgan fingerprint density at radius 2 is 1.81 bits per heavy atom. The van der Waals surface area contributed by atoms with Crippen molar-refractivity contribution in [1.82, 2.24) is 4.98 Å². The summed E-state index contributed by atoms with van der Waals surface area (Å²) in [7, 11) is 0. The molecule has 6 heteroatoms. The number of esters is 1. The van der Waals surface area contributed by atoms with Gasteiger partial charge in [0.1, 0.15) is 0 Å². The molecule has 1 rings (SSSR count). The van der Waals surface area contributed by atoms with Crippen LogP contribution in [0.3, 0.4) is 0 Å². The van der Waals surface area contributed by atoms with Crippen molar-refractivity contribution in [3.63, 3.8) is 0 Å². The predicted octanol–water partition coefficient (Wildman–Crippen LogP) is 0.527. The van der Waals surface area contributed by atoms with E-state index in [1.807, 2.05) is 18.2 Å². The normalized spacial score (nSPS) is 6.62. The van der Waals surface area contributed by atoms with Crippen LogP contribution in [0.5, 0.6) is 0 Å². The van der Waals surface area contributed by atoms with Crippen LogP contribution in [-0.4, -0.2) is 34.6 Å². The van der Waals surface area contributed by atoms with Crippen molar-refractivity contribution >= 4 is 12.4 Å². The Balaban J connectivity index is -0.000000163. The number of ether oxygens (including phenoxy) is 1. The van der Waals surface area contributed by atoms with Gasteiger partial charge >= 0.3 is 5.97 Å². The molecule has 1 aromatic rings. The van der Waals surface area contributed by atoms with E-state index in [1.165, 1.54) is 6.92 Å². The summed E-state index contributed by atoms with van der Waals surface area (Å²) in [6.07, 6.45) is 3.50. The van der Waals surface area contributed by atoms with Gasteiger partial charge in [-0.1, -0.05) is 6.07 Å². The van der Waals surface area contributed by atoms with E-state index >= 15 is 0 Å². The molecule has 0 radical (unpaired) electrons. The molecular weight excluding hydrogens is 214 g/mol. The highest BCUT2D eigenvalue weighted by atomic mass is 16.5. The summed E-state index contributed by atoms with van der Waals surface area (Å²) >= 11 is 0. The molecule has 0 saturated carbocycles. The third kappa shape index (κ3) is 29.6. The number of aromatic nitrogens is 1. The maximum absolute atomic E-state index is 9.82. The van der Waals surface area contributed by atoms with Crippen LogP contribution in [0.25, 0.3) is 0 Å². The first-order valence-corrected chi connectivity index (χ1v) is 4.25. The summed E-state index contributed by atoms with van der Waals surface area (Å²) in [5.41, 5.74) is 0. The molecule has 0 aliphatic heterocycles. The Hall–Kier alpha value is -1.95. The van der Waals surface area contributed by atoms with Gasteiger partial charge in [-0.3, -0.25) is 14.6 Å². The van der Waals surface area contributed by atoms with Crippen LogP contribution in [0.15, 0.2) is 30.6 Å². The fourth-order valence-electron chi connectivity index (χ4n) is 0.516. The molecule has 0 fully saturated rings. The number of carbonyl (C=O) groups is 2. The summed E-state index contributed by atoms with van der Waals surface area (Å²) in [6.45, 7) is 3.40. The summed E-state index contributed by atoms with van der Waals surface area (Å²) < 4.78 is 4.40. The average Bonchev–Trinajstić information content (AvgIpc) is 2.22. The van der Waals surface area contributed by atoms with Gasteiger partial charge in [-0.25, -0.2) is 0 Å². The van der Waals surface area contributed by atoms with Gasteiger partial charge in [0.2, 0.25) is 0 Å². The van der Waals surface area contributed by atoms with Crippen LogP contribution in [0.4, 0.5) is 0 Å². The van der Waals surface area contributed by atoms with E-state index < -0.39 is 0 Å². The Morgan fingerprint density at radius 1 is 1.38 bits per heavy atom. The topological polar surface area (TPSA) is 108 Å². The third-order valence-corrected chi connectivity index (χ3v) is 0.914. The minimum absolute atomic E-state index is 0. The molecule has 92 valence electrons. The number of nitrogens with zero attached hydrogens (tertiary/aromatic N) is 1. The largest absolute Gasteiger partial charge is 0.483 e. The lowest BCUT2D eigenvalue weighted by Gasteiger charge is -1.89. The molecule has 3 N–H and O–H groups in total. The number of carbonyl (C=O) groups excluding carboxylic acids is 1. The highest BCUT2D eigenvalue weighted by Gasteiger charge is 1.81. The number of hydrogen-bond donors (Lipinski definition) is 1. The smallest absolute Gasteiger partial charge is 0.302 e. The van der Waals surface area contributed by atoms with Crippen LogP contribution in [0.2, 0.25) is 0 Å². The van der Waals surface area contributed by atoms with Gasteiger partial charge in [0.15, 0.2) is 0 Å². The lowest BCUT2D eigenvalue weighted by atomic mass is 10.5. The summed E-state index contributed by atoms with van der Waals surface area (Å²) in [4.78, 5) is 22.0. The maximum atomic E-state index is 9.82. The van der Waals surface area contributed by atoms with Gasteiger partial charge in [0, 0.05) is 19.3 Å². The lowest BCUT2D eigenvalue weighted by molar-refractivity contribution is -0.140. The lowest BCUT2D eigenvalue weighted by Crippen LogP contribution is -1.95. The van der Waals surface area contributed by atoms with E-state index in [2.05, 4.69) is 9.72 Å². The van der Waals surface area contributed by atoms with Crippen LogP contribution >= 0.6 is 0 Å². The zero-order chi connectivity index (χ0) is 11.9.